The number of nitrogen functional groups attached to an aromatic ring is 2. The van der Waals surface area contributed by atoms with E-state index in [-0.39, 0.29) is 39.3 Å². The number of aliphatic hydroxyl groups is 1. The van der Waals surface area contributed by atoms with Crippen LogP contribution in [-0.2, 0) is 32.2 Å². The van der Waals surface area contributed by atoms with Crippen molar-refractivity contribution in [3.05, 3.63) is 36.9 Å². The van der Waals surface area contributed by atoms with Gasteiger partial charge in [0, 0.05) is 19.0 Å². The molecule has 3 aromatic heterocycles. The number of aromatic amines is 1. The molecule has 21 nitrogen and oxygen atoms in total. The molecule has 5 heterocycles. The Labute approximate surface area is 253 Å². The monoisotopic (exact) mass is 762 g/mol. The van der Waals surface area contributed by atoms with Gasteiger partial charge in [-0.1, -0.05) is 0 Å². The molecule has 236 valence electrons. The fourth-order valence-electron chi connectivity index (χ4n) is 4.55. The maximum absolute atomic E-state index is 12.9. The summed E-state index contributed by atoms with van der Waals surface area (Å²) in [6, 6.07) is 0. The van der Waals surface area contributed by atoms with E-state index in [1.165, 1.54) is 17.1 Å². The molecule has 0 amide bonds. The molecule has 3 aromatic rings. The van der Waals surface area contributed by atoms with Crippen LogP contribution in [0.2, 0.25) is 0 Å². The Morgan fingerprint density at radius 1 is 1.05 bits per heavy atom. The van der Waals surface area contributed by atoms with Crippen LogP contribution in [0.15, 0.2) is 22.1 Å². The third-order valence-electron chi connectivity index (χ3n) is 6.47. The first kappa shape index (κ1) is 32.1. The normalized spacial score (nSPS) is 27.6. The molecule has 0 spiro atoms. The van der Waals surface area contributed by atoms with Crippen LogP contribution in [0.5, 0.6) is 0 Å². The van der Waals surface area contributed by atoms with Crippen LogP contribution in [0.1, 0.15) is 25.3 Å². The lowest BCUT2D eigenvalue weighted by atomic mass is 10.2. The topological polar surface area (TPSA) is 312 Å². The van der Waals surface area contributed by atoms with Gasteiger partial charge in [-0.05, 0) is 22.6 Å². The van der Waals surface area contributed by atoms with Gasteiger partial charge < -0.3 is 40.7 Å². The number of aliphatic hydroxyl groups excluding tert-OH is 1. The number of anilines is 2. The molecular formula is C19H25IN8O13P2. The SMILES string of the molecule is Nc1nc(N)c2ncn([C@H]3C[C@H](OP(=O)(O)OC[C@H]4O[C@@H](n5cc(I)c(=O)[nH]c5=O)C[C@@H]4O)[C@@H](COP(=O)(O)O)O3)c2n1. The first-order valence-electron chi connectivity index (χ1n) is 12.2. The first-order chi connectivity index (χ1) is 20.1. The number of nitrogens with one attached hydrogen (secondary N) is 1. The van der Waals surface area contributed by atoms with Crippen molar-refractivity contribution in [3.8, 4) is 0 Å². The maximum atomic E-state index is 12.9. The van der Waals surface area contributed by atoms with E-state index < -0.39 is 77.0 Å². The van der Waals surface area contributed by atoms with Gasteiger partial charge in [0.15, 0.2) is 11.5 Å². The third-order valence-corrected chi connectivity index (χ3v) is 8.74. The summed E-state index contributed by atoms with van der Waals surface area (Å²) in [6.45, 7) is -1.39. The van der Waals surface area contributed by atoms with Crippen molar-refractivity contribution >= 4 is 61.2 Å². The van der Waals surface area contributed by atoms with Gasteiger partial charge in [-0.2, -0.15) is 9.97 Å². The standard InChI is InChI=1S/C19H25IN8O13P2/c20-7-3-27(19(31)26-17(7)30)12-1-8(29)10(39-12)4-38-43(35,36)41-9-2-13(40-11(9)5-37-42(32,33)34)28-6-23-14-15(21)24-18(22)25-16(14)28/h3,6,8-13,29H,1-2,4-5H2,(H,35,36)(H,26,30,31)(H2,32,33,34)(H4,21,22,24,25)/t8-,9-,10+,11+,12+,13+/m0/s1. The lowest BCUT2D eigenvalue weighted by Crippen LogP contribution is -2.33. The largest absolute Gasteiger partial charge is 0.472 e. The number of ether oxygens (including phenoxy) is 2. The second-order valence-corrected chi connectivity index (χ2v) is 13.2. The Morgan fingerprint density at radius 2 is 1.72 bits per heavy atom. The molecule has 7 atom stereocenters. The molecule has 0 bridgehead atoms. The van der Waals surface area contributed by atoms with Crippen molar-refractivity contribution < 1.29 is 52.0 Å². The number of hydrogen-bond acceptors (Lipinski definition) is 15. The summed E-state index contributed by atoms with van der Waals surface area (Å²) >= 11 is 1.72. The second kappa shape index (κ2) is 12.2. The van der Waals surface area contributed by atoms with E-state index >= 15 is 0 Å². The molecule has 43 heavy (non-hydrogen) atoms. The summed E-state index contributed by atoms with van der Waals surface area (Å²) in [7, 11) is -9.90. The molecule has 9 N–H and O–H groups in total. The lowest BCUT2D eigenvalue weighted by Gasteiger charge is -2.22. The molecular weight excluding hydrogens is 737 g/mol. The quantitative estimate of drug-likeness (QED) is 0.0932. The summed E-state index contributed by atoms with van der Waals surface area (Å²) < 4.78 is 53.2. The Kier molecular flexibility index (Phi) is 9.11. The summed E-state index contributed by atoms with van der Waals surface area (Å²) in [6.07, 6.45) is -4.71. The number of imidazole rings is 1. The van der Waals surface area contributed by atoms with Crippen LogP contribution >= 0.6 is 38.2 Å². The van der Waals surface area contributed by atoms with Crippen molar-refractivity contribution in [2.75, 3.05) is 24.7 Å². The highest BCUT2D eigenvalue weighted by Crippen LogP contribution is 2.50. The highest BCUT2D eigenvalue weighted by molar-refractivity contribution is 14.1. The number of nitrogens with zero attached hydrogens (tertiary/aromatic N) is 5. The number of phosphoric ester groups is 2. The van der Waals surface area contributed by atoms with E-state index in [0.717, 1.165) is 4.57 Å². The van der Waals surface area contributed by atoms with Gasteiger partial charge in [0.05, 0.1) is 29.2 Å². The molecule has 0 saturated carbocycles. The molecule has 2 fully saturated rings. The predicted octanol–water partition coefficient (Wildman–Crippen LogP) is -1.31. The van der Waals surface area contributed by atoms with Crippen LogP contribution in [0.3, 0.4) is 0 Å². The number of H-pyrrole nitrogens is 1. The fourth-order valence-corrected chi connectivity index (χ4v) is 6.29. The molecule has 0 radical (unpaired) electrons. The van der Waals surface area contributed by atoms with Gasteiger partial charge >= 0.3 is 21.3 Å². The van der Waals surface area contributed by atoms with Crippen LogP contribution < -0.4 is 22.7 Å². The smallest absolute Gasteiger partial charge is 0.390 e. The molecule has 5 rings (SSSR count). The number of rotatable bonds is 10. The molecule has 0 aromatic carbocycles. The van der Waals surface area contributed by atoms with E-state index in [9.17, 15) is 28.7 Å². The Hall–Kier alpha value is -2.34. The van der Waals surface area contributed by atoms with E-state index in [4.69, 9.17) is 39.8 Å². The first-order valence-corrected chi connectivity index (χ1v) is 16.3. The number of halogens is 1. The van der Waals surface area contributed by atoms with Crippen LogP contribution in [-0.4, -0.2) is 86.5 Å². The number of nitrogens with two attached hydrogens (primary N) is 2. The highest BCUT2D eigenvalue weighted by atomic mass is 127. The minimum atomic E-state index is -4.96. The van der Waals surface area contributed by atoms with Gasteiger partial charge in [-0.25, -0.2) is 18.9 Å². The van der Waals surface area contributed by atoms with Gasteiger partial charge in [0.2, 0.25) is 5.95 Å². The van der Waals surface area contributed by atoms with Gasteiger partial charge in [-0.15, -0.1) is 0 Å². The van der Waals surface area contributed by atoms with Crippen molar-refractivity contribution in [1.82, 2.24) is 29.1 Å². The Morgan fingerprint density at radius 3 is 2.44 bits per heavy atom. The minimum absolute atomic E-state index is 0.0135. The van der Waals surface area contributed by atoms with E-state index in [1.54, 1.807) is 22.6 Å². The average Bonchev–Trinajstić information content (AvgIpc) is 3.60. The number of fused-ring (bicyclic) bond motifs is 1. The fraction of sp³-hybridized carbons (Fsp3) is 0.526. The zero-order valence-corrected chi connectivity index (χ0v) is 25.5. The van der Waals surface area contributed by atoms with Gasteiger partial charge in [0.25, 0.3) is 5.56 Å². The van der Waals surface area contributed by atoms with Crippen molar-refractivity contribution in [1.29, 1.82) is 0 Å². The number of phosphoric acid groups is 2. The van der Waals surface area contributed by atoms with Gasteiger partial charge in [-0.3, -0.25) is 32.5 Å². The van der Waals surface area contributed by atoms with Crippen molar-refractivity contribution in [2.24, 2.45) is 0 Å². The van der Waals surface area contributed by atoms with Crippen molar-refractivity contribution in [3.63, 3.8) is 0 Å². The number of hydrogen-bond donors (Lipinski definition) is 7. The number of aromatic nitrogens is 6. The maximum Gasteiger partial charge on any atom is 0.472 e. The van der Waals surface area contributed by atoms with Crippen molar-refractivity contribution in [2.45, 2.75) is 49.7 Å². The van der Waals surface area contributed by atoms with Crippen LogP contribution in [0.4, 0.5) is 11.8 Å². The van der Waals surface area contributed by atoms with Crippen LogP contribution in [0, 0.1) is 3.57 Å². The Bertz CT molecular complexity index is 1730. The lowest BCUT2D eigenvalue weighted by molar-refractivity contribution is -0.0562. The summed E-state index contributed by atoms with van der Waals surface area (Å²) in [5, 5.41) is 10.4. The molecule has 2 aliphatic heterocycles. The molecule has 2 saturated heterocycles. The average molecular weight is 762 g/mol. The predicted molar refractivity (Wildman–Crippen MR) is 150 cm³/mol. The molecule has 24 heteroatoms. The summed E-state index contributed by atoms with van der Waals surface area (Å²) in [5.74, 6) is -0.175. The van der Waals surface area contributed by atoms with Gasteiger partial charge in [0.1, 0.15) is 36.3 Å². The molecule has 2 aliphatic rings. The van der Waals surface area contributed by atoms with E-state index in [0.29, 0.717) is 0 Å². The van der Waals surface area contributed by atoms with E-state index in [2.05, 4.69) is 24.5 Å². The summed E-state index contributed by atoms with van der Waals surface area (Å²) in [4.78, 5) is 66.7. The zero-order valence-electron chi connectivity index (χ0n) is 21.6. The molecule has 1 unspecified atom stereocenters. The summed E-state index contributed by atoms with van der Waals surface area (Å²) in [5.41, 5.74) is 10.5. The second-order valence-electron chi connectivity index (χ2n) is 9.43. The Balaban J connectivity index is 1.28. The molecule has 0 aliphatic carbocycles. The minimum Gasteiger partial charge on any atom is -0.390 e. The zero-order chi connectivity index (χ0) is 31.3. The third kappa shape index (κ3) is 7.32. The van der Waals surface area contributed by atoms with E-state index in [1.807, 2.05) is 0 Å². The van der Waals surface area contributed by atoms with Crippen LogP contribution in [0.25, 0.3) is 11.2 Å². The highest BCUT2D eigenvalue weighted by Gasteiger charge is 2.44.